The number of rotatable bonds is 10. The number of hydrogen-bond acceptors (Lipinski definition) is 4. The summed E-state index contributed by atoms with van der Waals surface area (Å²) in [5, 5.41) is 0. The molecule has 9 heteroatoms. The van der Waals surface area contributed by atoms with Crippen LogP contribution in [0.3, 0.4) is 0 Å². The van der Waals surface area contributed by atoms with E-state index in [0.29, 0.717) is 31.8 Å². The fourth-order valence-corrected chi connectivity index (χ4v) is 3.40. The molecular formula is C23H22F3NO4S. The first kappa shape index (κ1) is 23.6. The number of alkyl halides is 3. The van der Waals surface area contributed by atoms with Crippen molar-refractivity contribution in [3.05, 3.63) is 95.6 Å². The number of halogens is 3. The third kappa shape index (κ3) is 7.00. The van der Waals surface area contributed by atoms with Gasteiger partial charge in [-0.2, -0.15) is 21.6 Å². The maximum Gasteiger partial charge on any atom is 0.516 e. The highest BCUT2D eigenvalue weighted by Gasteiger charge is 2.46. The summed E-state index contributed by atoms with van der Waals surface area (Å²) < 4.78 is 73.0. The highest BCUT2D eigenvalue weighted by molar-refractivity contribution is 7.93. The molecule has 0 fully saturated rings. The fourth-order valence-electron chi connectivity index (χ4n) is 2.85. The van der Waals surface area contributed by atoms with Gasteiger partial charge in [0.1, 0.15) is 12.4 Å². The Bertz CT molecular complexity index is 1120. The quantitative estimate of drug-likeness (QED) is 0.414. The second-order valence-corrected chi connectivity index (χ2v) is 8.65. The number of benzene rings is 3. The van der Waals surface area contributed by atoms with E-state index in [9.17, 15) is 21.6 Å². The monoisotopic (exact) mass is 465 g/mol. The van der Waals surface area contributed by atoms with Gasteiger partial charge in [-0.15, -0.1) is 0 Å². The Labute approximate surface area is 184 Å². The van der Waals surface area contributed by atoms with E-state index < -0.39 is 15.5 Å². The van der Waals surface area contributed by atoms with Crippen molar-refractivity contribution in [2.45, 2.75) is 25.1 Å². The van der Waals surface area contributed by atoms with Crippen LogP contribution in [0.5, 0.6) is 5.75 Å². The van der Waals surface area contributed by atoms with Gasteiger partial charge in [-0.1, -0.05) is 54.6 Å². The Kier molecular flexibility index (Phi) is 7.76. The number of ether oxygens (including phenoxy) is 2. The summed E-state index contributed by atoms with van der Waals surface area (Å²) in [6.07, 6.45) is 0.409. The Balaban J connectivity index is 1.47. The van der Waals surface area contributed by atoms with E-state index in [2.05, 4.69) is 0 Å². The number of nitrogens with one attached hydrogen (secondary N) is 1. The molecule has 0 aromatic heterocycles. The lowest BCUT2D eigenvalue weighted by atomic mass is 10.1. The van der Waals surface area contributed by atoms with Crippen molar-refractivity contribution in [2.24, 2.45) is 0 Å². The highest BCUT2D eigenvalue weighted by atomic mass is 32.2. The predicted molar refractivity (Wildman–Crippen MR) is 116 cm³/mol. The van der Waals surface area contributed by atoms with E-state index in [1.165, 1.54) is 22.9 Å². The topological polar surface area (TPSA) is 64.6 Å². The van der Waals surface area contributed by atoms with E-state index in [1.807, 2.05) is 54.6 Å². The summed E-state index contributed by atoms with van der Waals surface area (Å²) in [5.41, 5.74) is -2.89. The molecule has 0 saturated carbocycles. The maximum absolute atomic E-state index is 12.5. The van der Waals surface area contributed by atoms with Crippen LogP contribution in [0.25, 0.3) is 0 Å². The summed E-state index contributed by atoms with van der Waals surface area (Å²) >= 11 is 0. The molecular weight excluding hydrogens is 443 g/mol. The molecule has 5 nitrogen and oxygen atoms in total. The van der Waals surface area contributed by atoms with Crippen LogP contribution in [0.4, 0.5) is 18.9 Å². The lowest BCUT2D eigenvalue weighted by molar-refractivity contribution is -0.0429. The van der Waals surface area contributed by atoms with Crippen molar-refractivity contribution in [1.29, 1.82) is 0 Å². The molecule has 0 spiro atoms. The molecule has 0 radical (unpaired) electrons. The van der Waals surface area contributed by atoms with E-state index in [-0.39, 0.29) is 5.69 Å². The zero-order chi connectivity index (χ0) is 23.0. The van der Waals surface area contributed by atoms with Crippen LogP contribution in [0.15, 0.2) is 78.9 Å². The minimum atomic E-state index is -5.45. The first-order valence-corrected chi connectivity index (χ1v) is 11.2. The first-order valence-electron chi connectivity index (χ1n) is 9.74. The maximum atomic E-state index is 12.5. The molecule has 0 bridgehead atoms. The van der Waals surface area contributed by atoms with Crippen LogP contribution >= 0.6 is 0 Å². The van der Waals surface area contributed by atoms with E-state index in [1.54, 1.807) is 6.07 Å². The van der Waals surface area contributed by atoms with Crippen LogP contribution in [0.2, 0.25) is 0 Å². The summed E-state index contributed by atoms with van der Waals surface area (Å²) in [7, 11) is -5.45. The second kappa shape index (κ2) is 10.5. The Morgan fingerprint density at radius 2 is 1.47 bits per heavy atom. The molecule has 0 saturated heterocycles. The van der Waals surface area contributed by atoms with E-state index >= 15 is 0 Å². The van der Waals surface area contributed by atoms with Gasteiger partial charge >= 0.3 is 15.5 Å². The molecule has 0 unspecified atom stereocenters. The number of sulfonamides is 1. The van der Waals surface area contributed by atoms with Gasteiger partial charge in [-0.05, 0) is 47.4 Å². The van der Waals surface area contributed by atoms with Gasteiger partial charge in [-0.3, -0.25) is 4.72 Å². The predicted octanol–water partition coefficient (Wildman–Crippen LogP) is 5.29. The lowest BCUT2D eigenvalue weighted by Gasteiger charge is -2.12. The molecule has 1 N–H and O–H groups in total. The normalized spacial score (nSPS) is 11.8. The van der Waals surface area contributed by atoms with E-state index in [0.717, 1.165) is 16.9 Å². The zero-order valence-corrected chi connectivity index (χ0v) is 17.8. The fraction of sp³-hybridized carbons (Fsp3) is 0.217. The molecule has 170 valence electrons. The molecule has 32 heavy (non-hydrogen) atoms. The van der Waals surface area contributed by atoms with Gasteiger partial charge in [-0.25, -0.2) is 0 Å². The smallest absolute Gasteiger partial charge is 0.489 e. The Morgan fingerprint density at radius 3 is 2.22 bits per heavy atom. The zero-order valence-electron chi connectivity index (χ0n) is 17.0. The van der Waals surface area contributed by atoms with Crippen LogP contribution in [0.1, 0.15) is 16.7 Å². The molecule has 0 amide bonds. The number of anilines is 1. The molecule has 0 aliphatic carbocycles. The van der Waals surface area contributed by atoms with Crippen molar-refractivity contribution in [3.63, 3.8) is 0 Å². The SMILES string of the molecule is O=S(=O)(Nc1cccc(CCOCc2cccc(OCc3ccccc3)c2)c1)C(F)(F)F. The minimum Gasteiger partial charge on any atom is -0.489 e. The summed E-state index contributed by atoms with van der Waals surface area (Å²) in [5.74, 6) is 0.722. The van der Waals surface area contributed by atoms with Crippen LogP contribution in [0, 0.1) is 0 Å². The standard InChI is InChI=1S/C23H22F3NO4S/c24-23(25,26)32(28,29)27-21-10-4-8-18(14-21)12-13-30-16-20-9-5-11-22(15-20)31-17-19-6-2-1-3-7-19/h1-11,14-15,27H,12-13,16-17H2. The van der Waals surface area contributed by atoms with Gasteiger partial charge in [0.2, 0.25) is 0 Å². The molecule has 3 rings (SSSR count). The second-order valence-electron chi connectivity index (χ2n) is 6.98. The summed E-state index contributed by atoms with van der Waals surface area (Å²) in [6.45, 7) is 1.10. The first-order chi connectivity index (χ1) is 15.2. The molecule has 3 aromatic carbocycles. The summed E-state index contributed by atoms with van der Waals surface area (Å²) in [6, 6.07) is 23.1. The van der Waals surface area contributed by atoms with Crippen LogP contribution < -0.4 is 9.46 Å². The highest BCUT2D eigenvalue weighted by Crippen LogP contribution is 2.25. The van der Waals surface area contributed by atoms with Crippen molar-refractivity contribution >= 4 is 15.7 Å². The van der Waals surface area contributed by atoms with Gasteiger partial charge < -0.3 is 9.47 Å². The van der Waals surface area contributed by atoms with Crippen molar-refractivity contribution in [1.82, 2.24) is 0 Å². The van der Waals surface area contributed by atoms with Crippen molar-refractivity contribution in [3.8, 4) is 5.75 Å². The van der Waals surface area contributed by atoms with Gasteiger partial charge in [0, 0.05) is 5.69 Å². The van der Waals surface area contributed by atoms with Crippen molar-refractivity contribution in [2.75, 3.05) is 11.3 Å². The van der Waals surface area contributed by atoms with Gasteiger partial charge in [0.15, 0.2) is 0 Å². The molecule has 0 aliphatic rings. The van der Waals surface area contributed by atoms with Crippen molar-refractivity contribution < 1.29 is 31.1 Å². The lowest BCUT2D eigenvalue weighted by Crippen LogP contribution is -2.29. The molecule has 0 heterocycles. The van der Waals surface area contributed by atoms with Crippen LogP contribution in [-0.2, 0) is 34.4 Å². The molecule has 0 aliphatic heterocycles. The largest absolute Gasteiger partial charge is 0.516 e. The van der Waals surface area contributed by atoms with Gasteiger partial charge in [0.05, 0.1) is 13.2 Å². The van der Waals surface area contributed by atoms with E-state index in [4.69, 9.17) is 9.47 Å². The van der Waals surface area contributed by atoms with Crippen LogP contribution in [-0.4, -0.2) is 20.5 Å². The third-order valence-electron chi connectivity index (χ3n) is 4.43. The average Bonchev–Trinajstić information content (AvgIpc) is 2.76. The average molecular weight is 465 g/mol. The Morgan fingerprint density at radius 1 is 0.781 bits per heavy atom. The molecule has 3 aromatic rings. The van der Waals surface area contributed by atoms with Gasteiger partial charge in [0.25, 0.3) is 0 Å². The molecule has 0 atom stereocenters. The Hall–Kier alpha value is -3.04. The summed E-state index contributed by atoms with van der Waals surface area (Å²) in [4.78, 5) is 0. The number of hydrogen-bond donors (Lipinski definition) is 1. The third-order valence-corrected chi connectivity index (χ3v) is 5.55. The minimum absolute atomic E-state index is 0.150.